The summed E-state index contributed by atoms with van der Waals surface area (Å²) in [7, 11) is 0. The quantitative estimate of drug-likeness (QED) is 0.418. The largest absolute Gasteiger partial charge is 0.337 e. The van der Waals surface area contributed by atoms with E-state index in [1.807, 2.05) is 37.3 Å². The first kappa shape index (κ1) is 19.1. The summed E-state index contributed by atoms with van der Waals surface area (Å²) in [5.74, 6) is 0.784. The monoisotopic (exact) mass is 382 g/mol. The number of fused-ring (bicyclic) bond motifs is 1. The molecule has 0 saturated heterocycles. The zero-order chi connectivity index (χ0) is 20.4. The fraction of sp³-hybridized carbons (Fsp3) is 0.240. The number of H-pyrrole nitrogens is 1. The van der Waals surface area contributed by atoms with Gasteiger partial charge in [0.25, 0.3) is 0 Å². The van der Waals surface area contributed by atoms with E-state index in [4.69, 9.17) is 15.0 Å². The van der Waals surface area contributed by atoms with Crippen LogP contribution in [0.15, 0.2) is 59.6 Å². The molecular weight excluding hydrogens is 356 g/mol. The first-order chi connectivity index (χ1) is 14.1. The Balaban J connectivity index is 1.75. The Kier molecular flexibility index (Phi) is 5.26. The van der Waals surface area contributed by atoms with Gasteiger partial charge in [-0.25, -0.2) is 9.97 Å². The van der Waals surface area contributed by atoms with E-state index < -0.39 is 0 Å². The number of nitrogens with one attached hydrogen (secondary N) is 1. The van der Waals surface area contributed by atoms with Crippen molar-refractivity contribution in [2.45, 2.75) is 40.5 Å². The number of para-hydroxylation sites is 2. The van der Waals surface area contributed by atoms with E-state index >= 15 is 0 Å². The predicted molar refractivity (Wildman–Crippen MR) is 121 cm³/mol. The van der Waals surface area contributed by atoms with Gasteiger partial charge in [0.05, 0.1) is 28.1 Å². The molecule has 0 atom stereocenters. The molecule has 0 fully saturated rings. The number of pyridine rings is 1. The number of nitrogens with zero attached hydrogens (tertiary/aromatic N) is 3. The normalized spacial score (nSPS) is 11.9. The zero-order valence-electron chi connectivity index (χ0n) is 17.5. The molecule has 4 nitrogen and oxygen atoms in total. The van der Waals surface area contributed by atoms with Gasteiger partial charge in [0.15, 0.2) is 5.82 Å². The number of aromatic amines is 1. The molecule has 1 N–H and O–H groups in total. The summed E-state index contributed by atoms with van der Waals surface area (Å²) >= 11 is 0. The topological polar surface area (TPSA) is 53.9 Å². The fourth-order valence-electron chi connectivity index (χ4n) is 3.65. The van der Waals surface area contributed by atoms with Crippen molar-refractivity contribution in [1.29, 1.82) is 0 Å². The molecule has 146 valence electrons. The number of aliphatic imine (C=N–C) groups is 1. The predicted octanol–water partition coefficient (Wildman–Crippen LogP) is 6.20. The van der Waals surface area contributed by atoms with E-state index in [0.29, 0.717) is 0 Å². The van der Waals surface area contributed by atoms with Crippen molar-refractivity contribution in [3.8, 4) is 11.5 Å². The van der Waals surface area contributed by atoms with Gasteiger partial charge < -0.3 is 4.98 Å². The molecule has 2 aromatic carbocycles. The number of aryl methyl sites for hydroxylation is 3. The highest BCUT2D eigenvalue weighted by molar-refractivity contribution is 5.99. The van der Waals surface area contributed by atoms with E-state index in [2.05, 4.69) is 50.0 Å². The zero-order valence-corrected chi connectivity index (χ0v) is 17.5. The number of aromatic nitrogens is 3. The maximum absolute atomic E-state index is 4.99. The van der Waals surface area contributed by atoms with Crippen LogP contribution in [0.4, 0.5) is 5.69 Å². The second kappa shape index (κ2) is 8.00. The molecule has 0 aliphatic rings. The minimum atomic E-state index is 0.784. The van der Waals surface area contributed by atoms with Crippen molar-refractivity contribution >= 4 is 22.4 Å². The number of hydrogen-bond acceptors (Lipinski definition) is 3. The van der Waals surface area contributed by atoms with Crippen molar-refractivity contribution in [1.82, 2.24) is 15.0 Å². The molecule has 0 aliphatic heterocycles. The van der Waals surface area contributed by atoms with E-state index in [9.17, 15) is 0 Å². The van der Waals surface area contributed by atoms with Gasteiger partial charge in [-0.15, -0.1) is 0 Å². The van der Waals surface area contributed by atoms with Crippen LogP contribution < -0.4 is 0 Å². The summed E-state index contributed by atoms with van der Waals surface area (Å²) in [5, 5.41) is 0. The first-order valence-electron chi connectivity index (χ1n) is 10.2. The molecule has 0 saturated carbocycles. The van der Waals surface area contributed by atoms with Crippen molar-refractivity contribution in [3.05, 3.63) is 77.0 Å². The van der Waals surface area contributed by atoms with Crippen LogP contribution in [0.2, 0.25) is 0 Å². The molecule has 29 heavy (non-hydrogen) atoms. The molecule has 2 heterocycles. The van der Waals surface area contributed by atoms with Crippen LogP contribution in [-0.4, -0.2) is 20.7 Å². The van der Waals surface area contributed by atoms with Crippen molar-refractivity contribution in [3.63, 3.8) is 0 Å². The third-order valence-electron chi connectivity index (χ3n) is 5.32. The first-order valence-corrected chi connectivity index (χ1v) is 10.2. The summed E-state index contributed by atoms with van der Waals surface area (Å²) in [4.78, 5) is 18.0. The summed E-state index contributed by atoms with van der Waals surface area (Å²) in [6.45, 7) is 8.45. The molecule has 2 aromatic heterocycles. The maximum Gasteiger partial charge on any atom is 0.157 e. The van der Waals surface area contributed by atoms with Gasteiger partial charge in [0, 0.05) is 0 Å². The molecule has 0 amide bonds. The van der Waals surface area contributed by atoms with Crippen molar-refractivity contribution in [2.75, 3.05) is 0 Å². The van der Waals surface area contributed by atoms with E-state index in [0.717, 1.165) is 58.0 Å². The van der Waals surface area contributed by atoms with Gasteiger partial charge in [0.2, 0.25) is 0 Å². The summed E-state index contributed by atoms with van der Waals surface area (Å²) in [6, 6.07) is 18.6. The summed E-state index contributed by atoms with van der Waals surface area (Å²) in [6.07, 6.45) is 1.93. The molecular formula is C25H26N4. The van der Waals surface area contributed by atoms with Crippen LogP contribution in [0, 0.1) is 6.92 Å². The van der Waals surface area contributed by atoms with Gasteiger partial charge in [-0.3, -0.25) is 4.99 Å². The lowest BCUT2D eigenvalue weighted by Crippen LogP contribution is -2.01. The second-order valence-electron chi connectivity index (χ2n) is 7.29. The Morgan fingerprint density at radius 1 is 0.897 bits per heavy atom. The van der Waals surface area contributed by atoms with Gasteiger partial charge in [0.1, 0.15) is 5.69 Å². The maximum atomic E-state index is 4.99. The van der Waals surface area contributed by atoms with E-state index in [1.165, 1.54) is 11.1 Å². The van der Waals surface area contributed by atoms with E-state index in [1.54, 1.807) is 0 Å². The third kappa shape index (κ3) is 3.70. The minimum Gasteiger partial charge on any atom is -0.337 e. The lowest BCUT2D eigenvalue weighted by Gasteiger charge is -2.10. The SMILES string of the molecule is CCc1cccc(CC)c1N=C(C)c1cccc(-c2nc3c(C)cccc3[nH]2)n1. The number of rotatable bonds is 5. The molecule has 0 aliphatic carbocycles. The number of hydrogen-bond donors (Lipinski definition) is 1. The van der Waals surface area contributed by atoms with Gasteiger partial charge in [-0.05, 0) is 61.6 Å². The van der Waals surface area contributed by atoms with Gasteiger partial charge in [-0.2, -0.15) is 0 Å². The van der Waals surface area contributed by atoms with Crippen molar-refractivity contribution in [2.24, 2.45) is 4.99 Å². The Labute approximate surface area is 171 Å². The lowest BCUT2D eigenvalue weighted by molar-refractivity contribution is 1.08. The van der Waals surface area contributed by atoms with Crippen LogP contribution in [0.3, 0.4) is 0 Å². The smallest absolute Gasteiger partial charge is 0.157 e. The highest BCUT2D eigenvalue weighted by Crippen LogP contribution is 2.27. The number of imidazole rings is 1. The van der Waals surface area contributed by atoms with Crippen LogP contribution in [0.1, 0.15) is 43.2 Å². The highest BCUT2D eigenvalue weighted by Gasteiger charge is 2.11. The molecule has 4 rings (SSSR count). The van der Waals surface area contributed by atoms with Crippen LogP contribution in [-0.2, 0) is 12.8 Å². The molecule has 0 bridgehead atoms. The average molecular weight is 383 g/mol. The lowest BCUT2D eigenvalue weighted by atomic mass is 10.0. The standard InChI is InChI=1S/C25H26N4/c1-5-18-11-8-12-19(6-2)24(18)26-17(4)20-13-9-15-22(27-20)25-28-21-14-7-10-16(3)23(21)29-25/h7-15H,5-6H2,1-4H3,(H,28,29). The molecule has 4 heteroatoms. The molecule has 4 aromatic rings. The van der Waals surface area contributed by atoms with Gasteiger partial charge in [-0.1, -0.05) is 50.2 Å². The fourth-order valence-corrected chi connectivity index (χ4v) is 3.65. The minimum absolute atomic E-state index is 0.784. The van der Waals surface area contributed by atoms with Crippen LogP contribution in [0.25, 0.3) is 22.6 Å². The van der Waals surface area contributed by atoms with Crippen molar-refractivity contribution < 1.29 is 0 Å². The second-order valence-corrected chi connectivity index (χ2v) is 7.29. The molecule has 0 spiro atoms. The molecule has 0 radical (unpaired) electrons. The van der Waals surface area contributed by atoms with Gasteiger partial charge >= 0.3 is 0 Å². The van der Waals surface area contributed by atoms with E-state index in [-0.39, 0.29) is 0 Å². The summed E-state index contributed by atoms with van der Waals surface area (Å²) in [5.41, 5.74) is 9.41. The molecule has 0 unspecified atom stereocenters. The Morgan fingerprint density at radius 2 is 1.59 bits per heavy atom. The van der Waals surface area contributed by atoms with Crippen LogP contribution in [0.5, 0.6) is 0 Å². The summed E-state index contributed by atoms with van der Waals surface area (Å²) < 4.78 is 0. The Morgan fingerprint density at radius 3 is 2.28 bits per heavy atom. The Bertz CT molecular complexity index is 1180. The highest BCUT2D eigenvalue weighted by atomic mass is 15.0. The van der Waals surface area contributed by atoms with Crippen LogP contribution >= 0.6 is 0 Å². The Hall–Kier alpha value is -3.27. The third-order valence-corrected chi connectivity index (χ3v) is 5.32. The average Bonchev–Trinajstić information content (AvgIpc) is 3.20. The number of benzene rings is 2.